The zero-order valence-electron chi connectivity index (χ0n) is 31.1. The van der Waals surface area contributed by atoms with Gasteiger partial charge in [0.1, 0.15) is 17.3 Å². The largest absolute Gasteiger partial charge is 0.379 e. The third kappa shape index (κ3) is 59.3. The molecule has 9 nitrogen and oxygen atoms in total. The molecule has 0 aromatic carbocycles. The minimum Gasteiger partial charge on any atom is -0.379 e. The average Bonchev–Trinajstić information content (AvgIpc) is 3.04. The molecule has 0 unspecified atom stereocenters. The minimum absolute atomic E-state index is 0.0337. The maximum absolute atomic E-state index is 11.4. The van der Waals surface area contributed by atoms with Gasteiger partial charge in [0.2, 0.25) is 11.8 Å². The second-order valence-corrected chi connectivity index (χ2v) is 8.66. The van der Waals surface area contributed by atoms with Gasteiger partial charge in [-0.3, -0.25) is 19.2 Å². The number of ether oxygens (including phenoxy) is 2. The van der Waals surface area contributed by atoms with Gasteiger partial charge in [0.25, 0.3) is 0 Å². The Hall–Kier alpha value is -2.13. The monoisotopic (exact) mass is 635 g/mol. The molecular formula is C35H74N2O7. The summed E-state index contributed by atoms with van der Waals surface area (Å²) in [6.45, 7) is 26.3. The Labute approximate surface area is 272 Å². The van der Waals surface area contributed by atoms with Crippen LogP contribution < -0.4 is 10.6 Å². The van der Waals surface area contributed by atoms with E-state index >= 15 is 0 Å². The summed E-state index contributed by atoms with van der Waals surface area (Å²) in [5.74, 6) is 0.603. The molecule has 9 heteroatoms. The van der Waals surface area contributed by atoms with Crippen LogP contribution in [0.4, 0.5) is 0 Å². The highest BCUT2D eigenvalue weighted by Crippen LogP contribution is 2.00. The lowest BCUT2D eigenvalue weighted by Gasteiger charge is -2.05. The SMILES string of the molecule is CC.CC.CC.CC.CCCC(=O)NCCOCCC(=O)CCCC(C)=O.CCCCC(=O)CCOCCNC(=O)CCC. The number of hydrogen-bond acceptors (Lipinski definition) is 7. The van der Waals surface area contributed by atoms with E-state index in [0.717, 1.165) is 25.7 Å². The van der Waals surface area contributed by atoms with Crippen molar-refractivity contribution in [2.45, 2.75) is 160 Å². The van der Waals surface area contributed by atoms with E-state index in [2.05, 4.69) is 17.6 Å². The van der Waals surface area contributed by atoms with Crippen molar-refractivity contribution in [3.05, 3.63) is 0 Å². The number of Topliss-reactive ketones (excluding diaryl/α,β-unsaturated/α-hetero) is 3. The summed E-state index contributed by atoms with van der Waals surface area (Å²) in [7, 11) is 0. The quantitative estimate of drug-likeness (QED) is 0.110. The van der Waals surface area contributed by atoms with Gasteiger partial charge in [0.05, 0.1) is 26.4 Å². The van der Waals surface area contributed by atoms with Gasteiger partial charge in [-0.15, -0.1) is 0 Å². The molecule has 0 radical (unpaired) electrons. The molecular weight excluding hydrogens is 560 g/mol. The van der Waals surface area contributed by atoms with Crippen LogP contribution in [0.5, 0.6) is 0 Å². The molecule has 0 aliphatic rings. The number of hydrogen-bond donors (Lipinski definition) is 2. The highest BCUT2D eigenvalue weighted by molar-refractivity contribution is 5.80. The smallest absolute Gasteiger partial charge is 0.220 e. The van der Waals surface area contributed by atoms with Crippen molar-refractivity contribution in [3.8, 4) is 0 Å². The molecule has 0 fully saturated rings. The van der Waals surface area contributed by atoms with Crippen molar-refractivity contribution in [3.63, 3.8) is 0 Å². The molecule has 0 atom stereocenters. The number of unbranched alkanes of at least 4 members (excludes halogenated alkanes) is 1. The molecule has 0 aromatic heterocycles. The normalized spacial score (nSPS) is 8.91. The second-order valence-electron chi connectivity index (χ2n) is 8.66. The first-order valence-electron chi connectivity index (χ1n) is 17.5. The fourth-order valence-corrected chi connectivity index (χ4v) is 2.89. The second kappa shape index (κ2) is 53.4. The average molecular weight is 635 g/mol. The predicted octanol–water partition coefficient (Wildman–Crippen LogP) is 7.81. The molecule has 0 rings (SSSR count). The van der Waals surface area contributed by atoms with E-state index in [1.807, 2.05) is 69.2 Å². The Balaban J connectivity index is -0.000000134. The van der Waals surface area contributed by atoms with Crippen LogP contribution in [-0.4, -0.2) is 68.7 Å². The maximum atomic E-state index is 11.4. The van der Waals surface area contributed by atoms with Crippen LogP contribution in [0.25, 0.3) is 0 Å². The summed E-state index contributed by atoms with van der Waals surface area (Å²) in [5.41, 5.74) is 0. The molecule has 0 saturated heterocycles. The summed E-state index contributed by atoms with van der Waals surface area (Å²) in [4.78, 5) is 55.5. The van der Waals surface area contributed by atoms with E-state index in [4.69, 9.17) is 9.47 Å². The summed E-state index contributed by atoms with van der Waals surface area (Å²) in [5, 5.41) is 5.49. The third-order valence-electron chi connectivity index (χ3n) is 4.94. The summed E-state index contributed by atoms with van der Waals surface area (Å²) in [6, 6.07) is 0. The first kappa shape index (κ1) is 54.4. The van der Waals surface area contributed by atoms with E-state index in [1.54, 1.807) is 0 Å². The molecule has 0 aliphatic carbocycles. The number of amides is 2. The van der Waals surface area contributed by atoms with Crippen LogP contribution >= 0.6 is 0 Å². The number of ketones is 3. The predicted molar refractivity (Wildman–Crippen MR) is 186 cm³/mol. The van der Waals surface area contributed by atoms with Gasteiger partial charge in [-0.05, 0) is 32.6 Å². The third-order valence-corrected chi connectivity index (χ3v) is 4.94. The molecule has 0 heterocycles. The van der Waals surface area contributed by atoms with Gasteiger partial charge in [-0.1, -0.05) is 82.6 Å². The van der Waals surface area contributed by atoms with Crippen LogP contribution in [0, 0.1) is 0 Å². The number of carbonyl (C=O) groups is 5. The summed E-state index contributed by atoms with van der Waals surface area (Å²) in [6.07, 6.45) is 7.87. The zero-order chi connectivity index (χ0) is 35.4. The van der Waals surface area contributed by atoms with E-state index in [9.17, 15) is 24.0 Å². The minimum atomic E-state index is 0.0337. The van der Waals surface area contributed by atoms with Gasteiger partial charge in [-0.2, -0.15) is 0 Å². The summed E-state index contributed by atoms with van der Waals surface area (Å²) >= 11 is 0. The number of rotatable bonds is 23. The van der Waals surface area contributed by atoms with E-state index in [0.29, 0.717) is 90.9 Å². The lowest BCUT2D eigenvalue weighted by Crippen LogP contribution is -2.27. The molecule has 0 aliphatic heterocycles. The van der Waals surface area contributed by atoms with Crippen molar-refractivity contribution >= 4 is 29.2 Å². The Morgan fingerprint density at radius 3 is 1.14 bits per heavy atom. The molecule has 0 bridgehead atoms. The van der Waals surface area contributed by atoms with Crippen LogP contribution in [0.2, 0.25) is 0 Å². The molecule has 0 saturated carbocycles. The van der Waals surface area contributed by atoms with Gasteiger partial charge >= 0.3 is 0 Å². The van der Waals surface area contributed by atoms with Gasteiger partial charge in [-0.25, -0.2) is 0 Å². The zero-order valence-corrected chi connectivity index (χ0v) is 31.1. The van der Waals surface area contributed by atoms with Crippen LogP contribution in [0.1, 0.15) is 160 Å². The van der Waals surface area contributed by atoms with E-state index in [1.165, 1.54) is 6.92 Å². The van der Waals surface area contributed by atoms with Crippen molar-refractivity contribution in [2.75, 3.05) is 39.5 Å². The van der Waals surface area contributed by atoms with Crippen molar-refractivity contribution in [1.82, 2.24) is 10.6 Å². The van der Waals surface area contributed by atoms with E-state index in [-0.39, 0.29) is 29.2 Å². The molecule has 0 spiro atoms. The molecule has 2 amide bonds. The first-order chi connectivity index (χ1) is 21.3. The molecule has 0 aromatic rings. The standard InChI is InChI=1S/C14H25NO4.C13H25NO3.4C2H6/c1-3-5-14(18)15-9-11-19-10-8-13(17)7-4-6-12(2)16;1-3-5-7-12(15)8-10-17-11-9-14-13(16)6-4-2;4*1-2/h3-11H2,1-2H3,(H,15,18);3-11H2,1-2H3,(H,14,16);4*1-2H3. The fourth-order valence-electron chi connectivity index (χ4n) is 2.89. The molecule has 2 N–H and O–H groups in total. The molecule has 266 valence electrons. The van der Waals surface area contributed by atoms with Crippen LogP contribution in [0.3, 0.4) is 0 Å². The Morgan fingerprint density at radius 2 is 0.818 bits per heavy atom. The Morgan fingerprint density at radius 1 is 0.455 bits per heavy atom. The lowest BCUT2D eigenvalue weighted by molar-refractivity contribution is -0.122. The first-order valence-corrected chi connectivity index (χ1v) is 17.5. The van der Waals surface area contributed by atoms with Gasteiger partial charge in [0.15, 0.2) is 0 Å². The van der Waals surface area contributed by atoms with Crippen LogP contribution in [0.15, 0.2) is 0 Å². The lowest BCUT2D eigenvalue weighted by atomic mass is 10.1. The number of nitrogens with one attached hydrogen (secondary N) is 2. The van der Waals surface area contributed by atoms with Crippen molar-refractivity contribution < 1.29 is 33.4 Å². The molecule has 44 heavy (non-hydrogen) atoms. The van der Waals surface area contributed by atoms with Crippen molar-refractivity contribution in [2.24, 2.45) is 0 Å². The van der Waals surface area contributed by atoms with Gasteiger partial charge < -0.3 is 24.9 Å². The maximum Gasteiger partial charge on any atom is 0.220 e. The highest BCUT2D eigenvalue weighted by Gasteiger charge is 2.04. The van der Waals surface area contributed by atoms with Crippen molar-refractivity contribution in [1.29, 1.82) is 0 Å². The number of carbonyl (C=O) groups excluding carboxylic acids is 5. The Bertz CT molecular complexity index is 612. The van der Waals surface area contributed by atoms with Crippen LogP contribution in [-0.2, 0) is 33.4 Å². The fraction of sp³-hybridized carbons (Fsp3) is 0.857. The van der Waals surface area contributed by atoms with Gasteiger partial charge in [0, 0.05) is 58.0 Å². The summed E-state index contributed by atoms with van der Waals surface area (Å²) < 4.78 is 10.5. The highest BCUT2D eigenvalue weighted by atomic mass is 16.5. The topological polar surface area (TPSA) is 128 Å². The van der Waals surface area contributed by atoms with E-state index < -0.39 is 0 Å². The Kier molecular flexibility index (Phi) is 66.0.